The molecule has 2 rings (SSSR count). The van der Waals surface area contributed by atoms with E-state index in [0.29, 0.717) is 0 Å². The van der Waals surface area contributed by atoms with Crippen molar-refractivity contribution in [2.24, 2.45) is 0 Å². The molecule has 0 aliphatic rings. The highest BCUT2D eigenvalue weighted by molar-refractivity contribution is 7.91. The Hall–Kier alpha value is -2.37. The number of pyridine rings is 1. The van der Waals surface area contributed by atoms with E-state index in [0.717, 1.165) is 12.4 Å². The van der Waals surface area contributed by atoms with Gasteiger partial charge in [0.05, 0.1) is 23.0 Å². The average Bonchev–Trinajstić information content (AvgIpc) is 2.59. The van der Waals surface area contributed by atoms with Crippen LogP contribution in [-0.4, -0.2) is 47.8 Å². The molecule has 2 aromatic heterocycles. The molecule has 0 bridgehead atoms. The maximum Gasteiger partial charge on any atom is 0.456 e. The molecule has 0 spiro atoms. The van der Waals surface area contributed by atoms with Gasteiger partial charge in [0.25, 0.3) is 0 Å². The second kappa shape index (κ2) is 7.09. The number of aromatic nitrogens is 3. The summed E-state index contributed by atoms with van der Waals surface area (Å²) in [5, 5.41) is 0. The third-order valence-corrected chi connectivity index (χ3v) is 4.93. The summed E-state index contributed by atoms with van der Waals surface area (Å²) < 4.78 is 90.3. The summed E-state index contributed by atoms with van der Waals surface area (Å²) in [7, 11) is -3.62. The minimum atomic E-state index is -5.75. The summed E-state index contributed by atoms with van der Waals surface area (Å²) in [5.41, 5.74) is -0.0263. The molecule has 0 aliphatic heterocycles. The summed E-state index contributed by atoms with van der Waals surface area (Å²) in [4.78, 5) is 11.2. The first-order chi connectivity index (χ1) is 12.0. The number of nitrogens with zero attached hydrogens (tertiary/aromatic N) is 3. The lowest BCUT2D eigenvalue weighted by Gasteiger charge is -2.19. The molecule has 0 unspecified atom stereocenters. The normalized spacial score (nSPS) is 12.8. The Bertz CT molecular complexity index is 870. The number of rotatable bonds is 6. The molecule has 12 heteroatoms. The lowest BCUT2D eigenvalue weighted by atomic mass is 10.3. The van der Waals surface area contributed by atoms with Gasteiger partial charge in [0.15, 0.2) is 16.4 Å². The quantitative estimate of drug-likeness (QED) is 0.698. The van der Waals surface area contributed by atoms with Crippen molar-refractivity contribution in [2.75, 3.05) is 12.4 Å². The van der Waals surface area contributed by atoms with Gasteiger partial charge in [0.2, 0.25) is 5.88 Å². The largest absolute Gasteiger partial charge is 0.470 e. The molecule has 2 aromatic rings. The van der Waals surface area contributed by atoms with E-state index in [2.05, 4.69) is 19.7 Å². The third-order valence-electron chi connectivity index (χ3n) is 3.17. The predicted octanol–water partition coefficient (Wildman–Crippen LogP) is 2.91. The highest BCUT2D eigenvalue weighted by Gasteiger charge is 2.58. The van der Waals surface area contributed by atoms with Crippen LogP contribution in [0.15, 0.2) is 35.6 Å². The van der Waals surface area contributed by atoms with Gasteiger partial charge in [-0.05, 0) is 12.1 Å². The van der Waals surface area contributed by atoms with Crippen LogP contribution in [-0.2, 0) is 9.84 Å². The number of alkyl halides is 5. The second-order valence-electron chi connectivity index (χ2n) is 4.98. The molecule has 0 saturated heterocycles. The molecule has 6 nitrogen and oxygen atoms in total. The summed E-state index contributed by atoms with van der Waals surface area (Å²) in [6, 6.07) is 2.73. The Kier molecular flexibility index (Phi) is 5.44. The van der Waals surface area contributed by atoms with Gasteiger partial charge in [0.1, 0.15) is 11.4 Å². The minimum absolute atomic E-state index is 0.00689. The van der Waals surface area contributed by atoms with E-state index in [1.807, 2.05) is 0 Å². The smallest absolute Gasteiger partial charge is 0.456 e. The van der Waals surface area contributed by atoms with Gasteiger partial charge in [-0.1, -0.05) is 6.92 Å². The molecule has 0 aliphatic carbocycles. The molecule has 142 valence electrons. The summed E-state index contributed by atoms with van der Waals surface area (Å²) in [5.74, 6) is -5.81. The van der Waals surface area contributed by atoms with Crippen molar-refractivity contribution in [2.45, 2.75) is 23.9 Å². The van der Waals surface area contributed by atoms with Gasteiger partial charge in [0, 0.05) is 6.20 Å². The fraction of sp³-hybridized carbons (Fsp3) is 0.357. The number of halogens is 5. The van der Waals surface area contributed by atoms with E-state index in [1.165, 1.54) is 25.3 Å². The van der Waals surface area contributed by atoms with Crippen LogP contribution in [0.2, 0.25) is 0 Å². The zero-order chi connectivity index (χ0) is 19.6. The predicted molar refractivity (Wildman–Crippen MR) is 79.5 cm³/mol. The number of ether oxygens (including phenoxy) is 1. The van der Waals surface area contributed by atoms with E-state index < -0.39 is 34.4 Å². The van der Waals surface area contributed by atoms with Gasteiger partial charge in [-0.3, -0.25) is 4.98 Å². The fourth-order valence-electron chi connectivity index (χ4n) is 1.75. The monoisotopic (exact) mass is 397 g/mol. The van der Waals surface area contributed by atoms with Gasteiger partial charge in [-0.25, -0.2) is 18.4 Å². The SMILES string of the molecule is CCS(=O)(=O)c1cccnc1-c1cnc(OCC(F)(F)C(F)(F)F)cn1. The minimum Gasteiger partial charge on any atom is -0.470 e. The molecular formula is C14H12F5N3O3S. The van der Waals surface area contributed by atoms with Crippen molar-refractivity contribution < 1.29 is 35.1 Å². The van der Waals surface area contributed by atoms with E-state index in [4.69, 9.17) is 0 Å². The third kappa shape index (κ3) is 4.23. The van der Waals surface area contributed by atoms with Gasteiger partial charge < -0.3 is 4.74 Å². The van der Waals surface area contributed by atoms with Crippen molar-refractivity contribution in [1.82, 2.24) is 15.0 Å². The number of hydrogen-bond donors (Lipinski definition) is 0. The standard InChI is InChI=1S/C14H12F5N3O3S/c1-2-26(23,24)10-4-3-5-20-12(10)9-6-22-11(7-21-9)25-8-13(15,16)14(17,18)19/h3-7H,2,8H2,1H3. The van der Waals surface area contributed by atoms with E-state index in [1.54, 1.807) is 0 Å². The molecule has 0 N–H and O–H groups in total. The topological polar surface area (TPSA) is 82.0 Å². The van der Waals surface area contributed by atoms with Crippen molar-refractivity contribution >= 4 is 9.84 Å². The highest BCUT2D eigenvalue weighted by atomic mass is 32.2. The molecule has 2 heterocycles. The lowest BCUT2D eigenvalue weighted by molar-refractivity contribution is -0.290. The molecule has 26 heavy (non-hydrogen) atoms. The van der Waals surface area contributed by atoms with Gasteiger partial charge in [-0.2, -0.15) is 22.0 Å². The van der Waals surface area contributed by atoms with Crippen LogP contribution in [0.3, 0.4) is 0 Å². The van der Waals surface area contributed by atoms with Crippen LogP contribution in [0.4, 0.5) is 22.0 Å². The van der Waals surface area contributed by atoms with Crippen molar-refractivity contribution in [3.05, 3.63) is 30.7 Å². The Morgan fingerprint density at radius 2 is 1.77 bits per heavy atom. The summed E-state index contributed by atoms with van der Waals surface area (Å²) in [6.45, 7) is -0.515. The van der Waals surface area contributed by atoms with E-state index >= 15 is 0 Å². The Morgan fingerprint density at radius 1 is 1.08 bits per heavy atom. The van der Waals surface area contributed by atoms with E-state index in [9.17, 15) is 30.4 Å². The Labute approximate surface area is 145 Å². The zero-order valence-electron chi connectivity index (χ0n) is 13.2. The van der Waals surface area contributed by atoms with Crippen molar-refractivity contribution in [3.8, 4) is 17.3 Å². The van der Waals surface area contributed by atoms with Crippen LogP contribution < -0.4 is 4.74 Å². The average molecular weight is 397 g/mol. The highest BCUT2D eigenvalue weighted by Crippen LogP contribution is 2.35. The molecular weight excluding hydrogens is 385 g/mol. The van der Waals surface area contributed by atoms with Crippen molar-refractivity contribution in [3.63, 3.8) is 0 Å². The Balaban J connectivity index is 2.24. The number of hydrogen-bond acceptors (Lipinski definition) is 6. The lowest BCUT2D eigenvalue weighted by Crippen LogP contribution is -2.41. The molecule has 0 fully saturated rings. The zero-order valence-corrected chi connectivity index (χ0v) is 14.0. The molecule has 0 saturated carbocycles. The first kappa shape index (κ1) is 19.9. The molecule has 0 atom stereocenters. The molecule has 0 aromatic carbocycles. The Morgan fingerprint density at radius 3 is 2.31 bits per heavy atom. The maximum absolute atomic E-state index is 12.8. The van der Waals surface area contributed by atoms with Gasteiger partial charge >= 0.3 is 12.1 Å². The number of sulfone groups is 1. The fourth-order valence-corrected chi connectivity index (χ4v) is 2.80. The van der Waals surface area contributed by atoms with E-state index in [-0.39, 0.29) is 22.0 Å². The van der Waals surface area contributed by atoms with Crippen LogP contribution in [0.1, 0.15) is 6.92 Å². The molecule has 0 amide bonds. The van der Waals surface area contributed by atoms with Crippen LogP contribution >= 0.6 is 0 Å². The van der Waals surface area contributed by atoms with Crippen molar-refractivity contribution in [1.29, 1.82) is 0 Å². The first-order valence-electron chi connectivity index (χ1n) is 7.05. The summed E-state index contributed by atoms with van der Waals surface area (Å²) in [6.07, 6.45) is -2.66. The summed E-state index contributed by atoms with van der Waals surface area (Å²) >= 11 is 0. The maximum atomic E-state index is 12.8. The molecule has 0 radical (unpaired) electrons. The van der Waals surface area contributed by atoms with Gasteiger partial charge in [-0.15, -0.1) is 0 Å². The van der Waals surface area contributed by atoms with Crippen LogP contribution in [0, 0.1) is 0 Å². The van der Waals surface area contributed by atoms with Crippen LogP contribution in [0.5, 0.6) is 5.88 Å². The van der Waals surface area contributed by atoms with Crippen LogP contribution in [0.25, 0.3) is 11.4 Å². The first-order valence-corrected chi connectivity index (χ1v) is 8.70. The second-order valence-corrected chi connectivity index (χ2v) is 7.23.